The Morgan fingerprint density at radius 2 is 2.24 bits per heavy atom. The lowest BCUT2D eigenvalue weighted by Crippen LogP contribution is -2.03. The van der Waals surface area contributed by atoms with E-state index in [0.29, 0.717) is 22.3 Å². The fourth-order valence-electron chi connectivity index (χ4n) is 1.35. The molecule has 1 heterocycles. The number of halogens is 1. The van der Waals surface area contributed by atoms with E-state index in [9.17, 15) is 4.79 Å². The smallest absolute Gasteiger partial charge is 0.367 e. The molecule has 17 heavy (non-hydrogen) atoms. The maximum Gasteiger partial charge on any atom is 0.367 e. The van der Waals surface area contributed by atoms with Crippen molar-refractivity contribution in [3.8, 4) is 11.3 Å². The lowest BCUT2D eigenvalue weighted by atomic mass is 10.2. The predicted octanol–water partition coefficient (Wildman–Crippen LogP) is 3.64. The van der Waals surface area contributed by atoms with E-state index >= 15 is 0 Å². The van der Waals surface area contributed by atoms with Crippen molar-refractivity contribution in [2.75, 3.05) is 6.61 Å². The summed E-state index contributed by atoms with van der Waals surface area (Å²) in [5.74, 6) is -0.393. The van der Waals surface area contributed by atoms with Gasteiger partial charge in [0, 0.05) is 16.0 Å². The minimum atomic E-state index is -0.393. The molecule has 0 fully saturated rings. The summed E-state index contributed by atoms with van der Waals surface area (Å²) in [5, 5.41) is 2.77. The van der Waals surface area contributed by atoms with Crippen molar-refractivity contribution in [3.05, 3.63) is 39.7 Å². The van der Waals surface area contributed by atoms with Crippen LogP contribution >= 0.6 is 22.9 Å². The number of aromatic nitrogens is 1. The van der Waals surface area contributed by atoms with Gasteiger partial charge < -0.3 is 4.74 Å². The molecule has 0 N–H and O–H groups in total. The molecular formula is C12H10ClNO2S. The molecule has 0 saturated heterocycles. The number of rotatable bonds is 3. The maximum absolute atomic E-state index is 11.5. The zero-order chi connectivity index (χ0) is 12.3. The lowest BCUT2D eigenvalue weighted by molar-refractivity contribution is 0.0526. The van der Waals surface area contributed by atoms with Crippen LogP contribution in [-0.4, -0.2) is 17.6 Å². The van der Waals surface area contributed by atoms with E-state index in [-0.39, 0.29) is 0 Å². The van der Waals surface area contributed by atoms with Gasteiger partial charge in [0.1, 0.15) is 0 Å². The van der Waals surface area contributed by atoms with Crippen molar-refractivity contribution >= 4 is 28.9 Å². The Hall–Kier alpha value is -1.39. The second-order valence-electron chi connectivity index (χ2n) is 3.24. The minimum absolute atomic E-state index is 0.347. The number of benzene rings is 1. The van der Waals surface area contributed by atoms with Gasteiger partial charge in [0.05, 0.1) is 12.3 Å². The van der Waals surface area contributed by atoms with Gasteiger partial charge >= 0.3 is 5.97 Å². The highest BCUT2D eigenvalue weighted by Crippen LogP contribution is 2.28. The maximum atomic E-state index is 11.5. The second kappa shape index (κ2) is 5.29. The van der Waals surface area contributed by atoms with Crippen molar-refractivity contribution in [3.63, 3.8) is 0 Å². The number of nitrogens with zero attached hydrogens (tertiary/aromatic N) is 1. The van der Waals surface area contributed by atoms with Crippen molar-refractivity contribution in [2.24, 2.45) is 0 Å². The normalized spacial score (nSPS) is 10.2. The largest absolute Gasteiger partial charge is 0.461 e. The van der Waals surface area contributed by atoms with Gasteiger partial charge in [-0.1, -0.05) is 29.8 Å². The molecule has 0 atom stereocenters. The average Bonchev–Trinajstić information content (AvgIpc) is 2.79. The van der Waals surface area contributed by atoms with Gasteiger partial charge in [0.25, 0.3) is 0 Å². The van der Waals surface area contributed by atoms with E-state index in [1.165, 1.54) is 11.3 Å². The summed E-state index contributed by atoms with van der Waals surface area (Å²) in [6.07, 6.45) is 0. The number of esters is 1. The first kappa shape index (κ1) is 12.1. The predicted molar refractivity (Wildman–Crippen MR) is 68.5 cm³/mol. The highest BCUT2D eigenvalue weighted by atomic mass is 35.5. The van der Waals surface area contributed by atoms with E-state index in [2.05, 4.69) is 4.98 Å². The summed E-state index contributed by atoms with van der Waals surface area (Å²) < 4.78 is 4.88. The third kappa shape index (κ3) is 2.65. The molecule has 0 bridgehead atoms. The van der Waals surface area contributed by atoms with Gasteiger partial charge in [-0.3, -0.25) is 0 Å². The van der Waals surface area contributed by atoms with Crippen molar-refractivity contribution in [2.45, 2.75) is 6.92 Å². The molecule has 0 aliphatic rings. The Morgan fingerprint density at radius 1 is 1.47 bits per heavy atom. The van der Waals surface area contributed by atoms with Crippen LogP contribution in [0, 0.1) is 0 Å². The molecule has 0 unspecified atom stereocenters. The minimum Gasteiger partial charge on any atom is -0.461 e. The van der Waals surface area contributed by atoms with Crippen LogP contribution in [0.4, 0.5) is 0 Å². The molecule has 0 saturated carbocycles. The molecule has 0 amide bonds. The van der Waals surface area contributed by atoms with Crippen LogP contribution in [-0.2, 0) is 4.74 Å². The number of hydrogen-bond donors (Lipinski definition) is 0. The molecule has 1 aromatic carbocycles. The summed E-state index contributed by atoms with van der Waals surface area (Å²) in [5.41, 5.74) is 1.52. The SMILES string of the molecule is CCOC(=O)c1nc(-c2ccccc2Cl)cs1. The molecule has 88 valence electrons. The quantitative estimate of drug-likeness (QED) is 0.797. The molecule has 2 aromatic rings. The molecule has 0 aliphatic carbocycles. The molecule has 1 aromatic heterocycles. The Morgan fingerprint density at radius 3 is 2.94 bits per heavy atom. The number of thiazole rings is 1. The van der Waals surface area contributed by atoms with E-state index < -0.39 is 5.97 Å². The van der Waals surface area contributed by atoms with Crippen LogP contribution in [0.1, 0.15) is 16.7 Å². The number of carbonyl (C=O) groups excluding carboxylic acids is 1. The molecule has 2 rings (SSSR count). The molecule has 0 aliphatic heterocycles. The highest BCUT2D eigenvalue weighted by molar-refractivity contribution is 7.11. The van der Waals surface area contributed by atoms with E-state index in [0.717, 1.165) is 5.56 Å². The Labute approximate surface area is 108 Å². The van der Waals surface area contributed by atoms with Gasteiger partial charge in [0.2, 0.25) is 5.01 Å². The average molecular weight is 268 g/mol. The summed E-state index contributed by atoms with van der Waals surface area (Å²) in [7, 11) is 0. The second-order valence-corrected chi connectivity index (χ2v) is 4.50. The Kier molecular flexibility index (Phi) is 3.76. The Bertz CT molecular complexity index is 539. The lowest BCUT2D eigenvalue weighted by Gasteiger charge is -1.99. The first-order valence-corrected chi connectivity index (χ1v) is 6.35. The number of ether oxygens (including phenoxy) is 1. The van der Waals surface area contributed by atoms with Gasteiger partial charge in [-0.2, -0.15) is 0 Å². The molecule has 0 spiro atoms. The van der Waals surface area contributed by atoms with E-state index in [1.54, 1.807) is 18.4 Å². The molecule has 3 nitrogen and oxygen atoms in total. The van der Waals surface area contributed by atoms with Crippen LogP contribution in [0.5, 0.6) is 0 Å². The van der Waals surface area contributed by atoms with Gasteiger partial charge in [-0.15, -0.1) is 11.3 Å². The van der Waals surface area contributed by atoms with Gasteiger partial charge in [-0.25, -0.2) is 9.78 Å². The van der Waals surface area contributed by atoms with Gasteiger partial charge in [-0.05, 0) is 13.0 Å². The van der Waals surface area contributed by atoms with Gasteiger partial charge in [0.15, 0.2) is 0 Å². The molecular weight excluding hydrogens is 258 g/mol. The Balaban J connectivity index is 2.30. The monoisotopic (exact) mass is 267 g/mol. The summed E-state index contributed by atoms with van der Waals surface area (Å²) in [6.45, 7) is 2.11. The van der Waals surface area contributed by atoms with E-state index in [1.807, 2.05) is 18.2 Å². The summed E-state index contributed by atoms with van der Waals surface area (Å²) >= 11 is 7.31. The van der Waals surface area contributed by atoms with Crippen LogP contribution in [0.2, 0.25) is 5.02 Å². The zero-order valence-electron chi connectivity index (χ0n) is 9.14. The summed E-state index contributed by atoms with van der Waals surface area (Å²) in [4.78, 5) is 15.7. The fraction of sp³-hybridized carbons (Fsp3) is 0.167. The first-order chi connectivity index (χ1) is 8.22. The standard InChI is InChI=1S/C12H10ClNO2S/c1-2-16-12(15)11-14-10(7-17-11)8-5-3-4-6-9(8)13/h3-7H,2H2,1H3. The molecule has 5 heteroatoms. The zero-order valence-corrected chi connectivity index (χ0v) is 10.7. The third-order valence-corrected chi connectivity index (χ3v) is 3.26. The number of hydrogen-bond acceptors (Lipinski definition) is 4. The molecule has 0 radical (unpaired) electrons. The first-order valence-electron chi connectivity index (χ1n) is 5.10. The van der Waals surface area contributed by atoms with Crippen LogP contribution < -0.4 is 0 Å². The highest BCUT2D eigenvalue weighted by Gasteiger charge is 2.13. The van der Waals surface area contributed by atoms with E-state index in [4.69, 9.17) is 16.3 Å². The van der Waals surface area contributed by atoms with Crippen LogP contribution in [0.3, 0.4) is 0 Å². The third-order valence-electron chi connectivity index (χ3n) is 2.10. The van der Waals surface area contributed by atoms with Crippen molar-refractivity contribution < 1.29 is 9.53 Å². The van der Waals surface area contributed by atoms with Crippen molar-refractivity contribution in [1.82, 2.24) is 4.98 Å². The fourth-order valence-corrected chi connectivity index (χ4v) is 2.29. The summed E-state index contributed by atoms with van der Waals surface area (Å²) in [6, 6.07) is 7.39. The topological polar surface area (TPSA) is 39.2 Å². The van der Waals surface area contributed by atoms with Crippen LogP contribution in [0.25, 0.3) is 11.3 Å². The van der Waals surface area contributed by atoms with Crippen LogP contribution in [0.15, 0.2) is 29.6 Å². The number of carbonyl (C=O) groups is 1. The van der Waals surface area contributed by atoms with Crippen molar-refractivity contribution in [1.29, 1.82) is 0 Å².